The molecule has 2 atom stereocenters. The molecule has 3 aliphatic rings. The van der Waals surface area contributed by atoms with Crippen molar-refractivity contribution in [2.45, 2.75) is 45.1 Å². The molecule has 11 heteroatoms. The zero-order valence-corrected chi connectivity index (χ0v) is 24.9. The van der Waals surface area contributed by atoms with Gasteiger partial charge in [0.15, 0.2) is 11.6 Å². The van der Waals surface area contributed by atoms with Gasteiger partial charge in [0.2, 0.25) is 0 Å². The second-order valence-electron chi connectivity index (χ2n) is 12.4. The van der Waals surface area contributed by atoms with Crippen LogP contribution in [-0.2, 0) is 16.0 Å². The molecule has 2 aromatic carbocycles. The zero-order chi connectivity index (χ0) is 30.6. The molecule has 3 aliphatic heterocycles. The Morgan fingerprint density at radius 1 is 1.20 bits per heavy atom. The monoisotopic (exact) mass is 603 g/mol. The zero-order valence-electron chi connectivity index (χ0n) is 24.9. The highest BCUT2D eigenvalue weighted by Gasteiger charge is 2.47. The van der Waals surface area contributed by atoms with E-state index in [1.807, 2.05) is 6.92 Å². The average molecular weight is 604 g/mol. The number of hydrogen-bond acceptors (Lipinski definition) is 9. The molecule has 3 saturated heterocycles. The number of carbonyl (C=O) groups is 1. The molecule has 0 saturated carbocycles. The van der Waals surface area contributed by atoms with Gasteiger partial charge in [0.1, 0.15) is 41.8 Å². The van der Waals surface area contributed by atoms with Crippen LogP contribution in [0.3, 0.4) is 0 Å². The van der Waals surface area contributed by atoms with Gasteiger partial charge in [-0.2, -0.15) is 9.97 Å². The summed E-state index contributed by atoms with van der Waals surface area (Å²) in [5.41, 5.74) is 0.458. The summed E-state index contributed by atoms with van der Waals surface area (Å²) in [6.07, 6.45) is 4.95. The molecule has 44 heavy (non-hydrogen) atoms. The Bertz CT molecular complexity index is 1790. The Labute approximate surface area is 253 Å². The number of phenolic OH excluding ortho intramolecular Hbond substituents is 1. The first kappa shape index (κ1) is 28.8. The highest BCUT2D eigenvalue weighted by Crippen LogP contribution is 2.42. The Hall–Kier alpha value is -3.96. The second-order valence-corrected chi connectivity index (χ2v) is 12.4. The first-order chi connectivity index (χ1) is 21.3. The van der Waals surface area contributed by atoms with Gasteiger partial charge >= 0.3 is 6.01 Å². The summed E-state index contributed by atoms with van der Waals surface area (Å²) in [5.74, 6) is -0.490. The summed E-state index contributed by atoms with van der Waals surface area (Å²) in [7, 11) is 0. The predicted molar refractivity (Wildman–Crippen MR) is 162 cm³/mol. The smallest absolute Gasteiger partial charge is 0.319 e. The van der Waals surface area contributed by atoms with Gasteiger partial charge in [0.05, 0.1) is 24.1 Å². The minimum atomic E-state index is -0.748. The highest BCUT2D eigenvalue weighted by molar-refractivity contribution is 6.02. The van der Waals surface area contributed by atoms with E-state index in [9.17, 15) is 14.3 Å². The number of ether oxygens (including phenoxy) is 2. The van der Waals surface area contributed by atoms with Crippen LogP contribution in [0.1, 0.15) is 38.7 Å². The van der Waals surface area contributed by atoms with Crippen molar-refractivity contribution in [1.29, 1.82) is 0 Å². The van der Waals surface area contributed by atoms with Crippen molar-refractivity contribution in [2.75, 3.05) is 50.9 Å². The Balaban J connectivity index is 1.38. The summed E-state index contributed by atoms with van der Waals surface area (Å²) < 4.78 is 43.4. The second kappa shape index (κ2) is 11.2. The number of hydrogen-bond donors (Lipinski definition) is 1. The number of pyridine rings is 1. The first-order valence-electron chi connectivity index (χ1n) is 15.3. The van der Waals surface area contributed by atoms with Crippen LogP contribution in [0.2, 0.25) is 0 Å². The molecule has 230 valence electrons. The lowest BCUT2D eigenvalue weighted by atomic mass is 9.92. The van der Waals surface area contributed by atoms with E-state index in [0.717, 1.165) is 32.4 Å². The molecule has 5 heterocycles. The van der Waals surface area contributed by atoms with Gasteiger partial charge in [0, 0.05) is 24.8 Å². The lowest BCUT2D eigenvalue weighted by Crippen LogP contribution is -2.43. The lowest BCUT2D eigenvalue weighted by molar-refractivity contribution is -0.121. The van der Waals surface area contributed by atoms with Crippen LogP contribution in [0, 0.1) is 17.6 Å². The first-order valence-corrected chi connectivity index (χ1v) is 15.3. The average Bonchev–Trinajstić information content (AvgIpc) is 3.43. The van der Waals surface area contributed by atoms with E-state index in [0.29, 0.717) is 59.6 Å². The molecule has 0 bridgehead atoms. The van der Waals surface area contributed by atoms with Crippen molar-refractivity contribution >= 4 is 33.3 Å². The topological polar surface area (TPSA) is 101 Å². The van der Waals surface area contributed by atoms with E-state index >= 15 is 4.39 Å². The van der Waals surface area contributed by atoms with Crippen LogP contribution in [-0.4, -0.2) is 82.3 Å². The molecule has 0 aliphatic carbocycles. The van der Waals surface area contributed by atoms with Gasteiger partial charge < -0.3 is 19.5 Å². The number of anilines is 1. The van der Waals surface area contributed by atoms with E-state index in [2.05, 4.69) is 21.8 Å². The van der Waals surface area contributed by atoms with Crippen molar-refractivity contribution in [1.82, 2.24) is 19.9 Å². The van der Waals surface area contributed by atoms with Crippen molar-refractivity contribution in [3.8, 4) is 23.0 Å². The fraction of sp³-hybridized carbons (Fsp3) is 0.455. The van der Waals surface area contributed by atoms with Gasteiger partial charge in [0.25, 0.3) is 0 Å². The normalized spacial score (nSPS) is 22.6. The molecule has 4 aromatic rings. The molecule has 2 aromatic heterocycles. The number of nitrogens with zero attached hydrogens (tertiary/aromatic N) is 5. The Morgan fingerprint density at radius 2 is 2.07 bits per heavy atom. The number of benzene rings is 2. The molecule has 0 amide bonds. The van der Waals surface area contributed by atoms with Gasteiger partial charge in [-0.1, -0.05) is 19.9 Å². The van der Waals surface area contributed by atoms with Gasteiger partial charge in [-0.25, -0.2) is 8.78 Å². The molecular formula is C33H35F2N5O4. The van der Waals surface area contributed by atoms with Crippen LogP contribution in [0.5, 0.6) is 11.8 Å². The molecule has 9 nitrogen and oxygen atoms in total. The molecule has 7 rings (SSSR count). The van der Waals surface area contributed by atoms with Crippen molar-refractivity contribution < 1.29 is 28.2 Å². The largest absolute Gasteiger partial charge is 0.508 e. The number of ketones is 1. The minimum absolute atomic E-state index is 0.00291. The van der Waals surface area contributed by atoms with Crippen molar-refractivity contribution in [3.05, 3.63) is 47.7 Å². The number of phenols is 1. The maximum absolute atomic E-state index is 16.7. The van der Waals surface area contributed by atoms with Gasteiger partial charge in [-0.15, -0.1) is 0 Å². The quantitative estimate of drug-likeness (QED) is 0.325. The Morgan fingerprint density at radius 3 is 2.91 bits per heavy atom. The van der Waals surface area contributed by atoms with Crippen LogP contribution < -0.4 is 9.64 Å². The molecular weight excluding hydrogens is 568 g/mol. The Kier molecular flexibility index (Phi) is 7.32. The third kappa shape index (κ3) is 4.92. The molecule has 0 radical (unpaired) electrons. The van der Waals surface area contributed by atoms with Crippen LogP contribution in [0.15, 0.2) is 30.5 Å². The number of aromatic hydroxyl groups is 1. The highest BCUT2D eigenvalue weighted by atomic mass is 19.1. The van der Waals surface area contributed by atoms with E-state index in [1.165, 1.54) is 24.4 Å². The summed E-state index contributed by atoms with van der Waals surface area (Å²) in [6, 6.07) is 5.85. The SMILES string of the molecule is CCc1c(F)ccc2cc(O)cc(-c3ncc4c(N5CCOCC(=O)C5)nc(OC[C@@]56CCCN5C[C@H](C)C6)nc4c3F)c12. The minimum Gasteiger partial charge on any atom is -0.508 e. The van der Waals surface area contributed by atoms with E-state index in [1.54, 1.807) is 11.0 Å². The molecule has 0 unspecified atom stereocenters. The van der Waals surface area contributed by atoms with E-state index in [-0.39, 0.29) is 53.0 Å². The van der Waals surface area contributed by atoms with Gasteiger partial charge in [-0.3, -0.25) is 14.7 Å². The summed E-state index contributed by atoms with van der Waals surface area (Å²) in [6.45, 7) is 7.19. The predicted octanol–water partition coefficient (Wildman–Crippen LogP) is 5.05. The maximum Gasteiger partial charge on any atom is 0.319 e. The number of aryl methyl sites for hydroxylation is 1. The lowest BCUT2D eigenvalue weighted by Gasteiger charge is -2.31. The number of aromatic nitrogens is 3. The fourth-order valence-electron chi connectivity index (χ4n) is 7.45. The third-order valence-corrected chi connectivity index (χ3v) is 9.31. The maximum atomic E-state index is 16.7. The third-order valence-electron chi connectivity index (χ3n) is 9.31. The fourth-order valence-corrected chi connectivity index (χ4v) is 7.45. The van der Waals surface area contributed by atoms with Crippen LogP contribution in [0.25, 0.3) is 32.9 Å². The number of halogens is 2. The van der Waals surface area contributed by atoms with E-state index in [4.69, 9.17) is 14.5 Å². The van der Waals surface area contributed by atoms with E-state index < -0.39 is 11.6 Å². The van der Waals surface area contributed by atoms with Crippen LogP contribution in [0.4, 0.5) is 14.6 Å². The molecule has 1 N–H and O–H groups in total. The van der Waals surface area contributed by atoms with Crippen molar-refractivity contribution in [2.24, 2.45) is 5.92 Å². The van der Waals surface area contributed by atoms with Gasteiger partial charge in [-0.05, 0) is 72.7 Å². The summed E-state index contributed by atoms with van der Waals surface area (Å²) in [4.78, 5) is 30.5. The summed E-state index contributed by atoms with van der Waals surface area (Å²) in [5, 5.41) is 11.9. The van der Waals surface area contributed by atoms with Crippen molar-refractivity contribution in [3.63, 3.8) is 0 Å². The van der Waals surface area contributed by atoms with Crippen LogP contribution >= 0.6 is 0 Å². The summed E-state index contributed by atoms with van der Waals surface area (Å²) >= 11 is 0. The molecule has 3 fully saturated rings. The number of carbonyl (C=O) groups excluding carboxylic acids is 1. The molecule has 0 spiro atoms. The standard InChI is InChI=1S/C33H35F2N5O4/c1-3-23-26(34)6-5-20-11-21(41)12-24(27(20)23)29-28(35)30-25(14-36-29)31(39-9-10-43-17-22(42)16-39)38-32(37-30)44-18-33-7-4-8-40(33)15-19(2)13-33/h5-6,11-12,14,19,41H,3-4,7-10,13,15-18H2,1-2H3/t19-,33+/m1/s1. The number of rotatable bonds is 6. The number of Topliss-reactive ketones (excluding diaryl/α,β-unsaturated/α-hetero) is 1. The number of fused-ring (bicyclic) bond motifs is 3.